The highest BCUT2D eigenvalue weighted by molar-refractivity contribution is 7.89. The predicted octanol–water partition coefficient (Wildman–Crippen LogP) is 3.70. The molecule has 1 saturated heterocycles. The van der Waals surface area contributed by atoms with Crippen LogP contribution in [0.5, 0.6) is 0 Å². The fraction of sp³-hybridized carbons (Fsp3) is 0.400. The fourth-order valence-electron chi connectivity index (χ4n) is 3.48. The Morgan fingerprint density at radius 3 is 2.00 bits per heavy atom. The number of hydrogen-bond acceptors (Lipinski definition) is 4. The first-order valence-corrected chi connectivity index (χ1v) is 12.5. The summed E-state index contributed by atoms with van der Waals surface area (Å²) in [7, 11) is -6.66. The van der Waals surface area contributed by atoms with Gasteiger partial charge in [0.2, 0.25) is 20.0 Å². The molecule has 2 aromatic carbocycles. The van der Waals surface area contributed by atoms with Crippen molar-refractivity contribution in [3.8, 4) is 0 Å². The van der Waals surface area contributed by atoms with E-state index < -0.39 is 38.3 Å². The highest BCUT2D eigenvalue weighted by Crippen LogP contribution is 2.33. The fourth-order valence-corrected chi connectivity index (χ4v) is 6.14. The van der Waals surface area contributed by atoms with E-state index in [1.54, 1.807) is 0 Å². The van der Waals surface area contributed by atoms with Gasteiger partial charge in [0.15, 0.2) is 0 Å². The standard InChI is InChI=1S/C20H23F3N2O4S2/c1-24(15-16-7-3-4-8-19(16)20(21,22)23)30(26,27)17-9-11-18(12-10-17)31(28,29)25-13-5-2-6-14-25/h3-4,7-12H,2,5-6,13-15H2,1H3. The third-order valence-corrected chi connectivity index (χ3v) is 8.93. The molecule has 170 valence electrons. The van der Waals surface area contributed by atoms with Crippen LogP contribution in [0.25, 0.3) is 0 Å². The van der Waals surface area contributed by atoms with E-state index in [0.717, 1.165) is 29.6 Å². The summed E-state index contributed by atoms with van der Waals surface area (Å²) in [6.07, 6.45) is -2.09. The maximum atomic E-state index is 13.2. The van der Waals surface area contributed by atoms with Crippen molar-refractivity contribution in [3.05, 3.63) is 59.7 Å². The van der Waals surface area contributed by atoms with E-state index in [-0.39, 0.29) is 15.4 Å². The first-order valence-electron chi connectivity index (χ1n) is 9.66. The lowest BCUT2D eigenvalue weighted by atomic mass is 10.1. The maximum Gasteiger partial charge on any atom is 0.416 e. The summed E-state index contributed by atoms with van der Waals surface area (Å²) < 4.78 is 92.9. The Morgan fingerprint density at radius 2 is 1.42 bits per heavy atom. The van der Waals surface area contributed by atoms with Crippen molar-refractivity contribution in [3.63, 3.8) is 0 Å². The highest BCUT2D eigenvalue weighted by atomic mass is 32.2. The summed E-state index contributed by atoms with van der Waals surface area (Å²) in [5, 5.41) is 0. The molecule has 0 N–H and O–H groups in total. The number of benzene rings is 2. The Morgan fingerprint density at radius 1 is 0.871 bits per heavy atom. The van der Waals surface area contributed by atoms with Crippen molar-refractivity contribution >= 4 is 20.0 Å². The van der Waals surface area contributed by atoms with E-state index in [9.17, 15) is 30.0 Å². The topological polar surface area (TPSA) is 74.8 Å². The Bertz CT molecular complexity index is 1130. The Labute approximate surface area is 180 Å². The van der Waals surface area contributed by atoms with Crippen LogP contribution < -0.4 is 0 Å². The smallest absolute Gasteiger partial charge is 0.207 e. The van der Waals surface area contributed by atoms with Gasteiger partial charge in [-0.25, -0.2) is 16.8 Å². The number of nitrogens with zero attached hydrogens (tertiary/aromatic N) is 2. The highest BCUT2D eigenvalue weighted by Gasteiger charge is 2.34. The van der Waals surface area contributed by atoms with Gasteiger partial charge < -0.3 is 0 Å². The largest absolute Gasteiger partial charge is 0.416 e. The molecule has 0 atom stereocenters. The van der Waals surface area contributed by atoms with E-state index in [0.29, 0.717) is 13.1 Å². The van der Waals surface area contributed by atoms with Crippen LogP contribution in [-0.2, 0) is 32.8 Å². The third kappa shape index (κ3) is 5.11. The minimum Gasteiger partial charge on any atom is -0.207 e. The van der Waals surface area contributed by atoms with Crippen LogP contribution in [0.1, 0.15) is 30.4 Å². The van der Waals surface area contributed by atoms with Gasteiger partial charge in [0.1, 0.15) is 0 Å². The van der Waals surface area contributed by atoms with Gasteiger partial charge in [0, 0.05) is 26.7 Å². The average molecular weight is 477 g/mol. The second-order valence-corrected chi connectivity index (χ2v) is 11.3. The van der Waals surface area contributed by atoms with Crippen molar-refractivity contribution in [2.75, 3.05) is 20.1 Å². The molecule has 0 bridgehead atoms. The van der Waals surface area contributed by atoms with Crippen LogP contribution in [0, 0.1) is 0 Å². The minimum absolute atomic E-state index is 0.0154. The van der Waals surface area contributed by atoms with Crippen molar-refractivity contribution in [1.29, 1.82) is 0 Å². The zero-order chi connectivity index (χ0) is 22.9. The summed E-state index contributed by atoms with van der Waals surface area (Å²) in [4.78, 5) is -0.212. The molecule has 0 unspecified atom stereocenters. The normalized spacial score (nSPS) is 16.5. The first-order chi connectivity index (χ1) is 14.4. The summed E-state index contributed by atoms with van der Waals surface area (Å²) in [5.41, 5.74) is -1.08. The second kappa shape index (κ2) is 8.89. The van der Waals surface area contributed by atoms with Crippen molar-refractivity contribution < 1.29 is 30.0 Å². The van der Waals surface area contributed by atoms with Gasteiger partial charge in [-0.3, -0.25) is 0 Å². The van der Waals surface area contributed by atoms with Gasteiger partial charge >= 0.3 is 6.18 Å². The molecular weight excluding hydrogens is 453 g/mol. The SMILES string of the molecule is CN(Cc1ccccc1C(F)(F)F)S(=O)(=O)c1ccc(S(=O)(=O)N2CCCCC2)cc1. The molecule has 1 heterocycles. The van der Waals surface area contributed by atoms with Crippen LogP contribution in [-0.4, -0.2) is 45.6 Å². The summed E-state index contributed by atoms with van der Waals surface area (Å²) in [6, 6.07) is 9.53. The van der Waals surface area contributed by atoms with Crippen molar-refractivity contribution in [2.45, 2.75) is 41.8 Å². The zero-order valence-electron chi connectivity index (χ0n) is 16.8. The number of alkyl halides is 3. The van der Waals surface area contributed by atoms with Crippen molar-refractivity contribution in [1.82, 2.24) is 8.61 Å². The van der Waals surface area contributed by atoms with Gasteiger partial charge in [0.05, 0.1) is 15.4 Å². The molecule has 31 heavy (non-hydrogen) atoms. The summed E-state index contributed by atoms with van der Waals surface area (Å²) in [5.74, 6) is 0. The van der Waals surface area contributed by atoms with Crippen LogP contribution in [0.2, 0.25) is 0 Å². The van der Waals surface area contributed by atoms with E-state index in [2.05, 4.69) is 0 Å². The Balaban J connectivity index is 1.83. The molecule has 0 radical (unpaired) electrons. The lowest BCUT2D eigenvalue weighted by Crippen LogP contribution is -2.35. The Hall–Kier alpha value is -1.95. The third-order valence-electron chi connectivity index (χ3n) is 5.20. The van der Waals surface area contributed by atoms with Crippen LogP contribution in [0.4, 0.5) is 13.2 Å². The van der Waals surface area contributed by atoms with E-state index in [1.807, 2.05) is 0 Å². The van der Waals surface area contributed by atoms with Gasteiger partial charge in [0.25, 0.3) is 0 Å². The average Bonchev–Trinajstić information content (AvgIpc) is 2.74. The van der Waals surface area contributed by atoms with Gasteiger partial charge in [-0.15, -0.1) is 0 Å². The molecule has 0 spiro atoms. The number of hydrogen-bond donors (Lipinski definition) is 0. The molecule has 0 aromatic heterocycles. The molecule has 3 rings (SSSR count). The first kappa shape index (κ1) is 23.7. The zero-order valence-corrected chi connectivity index (χ0v) is 18.5. The predicted molar refractivity (Wildman–Crippen MR) is 109 cm³/mol. The molecule has 0 aliphatic carbocycles. The number of halogens is 3. The molecular formula is C20H23F3N2O4S2. The van der Waals surface area contributed by atoms with Gasteiger partial charge in [-0.1, -0.05) is 24.6 Å². The molecule has 11 heteroatoms. The van der Waals surface area contributed by atoms with Gasteiger partial charge in [-0.2, -0.15) is 21.8 Å². The summed E-state index contributed by atoms with van der Waals surface area (Å²) >= 11 is 0. The minimum atomic E-state index is -4.61. The van der Waals surface area contributed by atoms with E-state index in [1.165, 1.54) is 53.8 Å². The summed E-state index contributed by atoms with van der Waals surface area (Å²) in [6.45, 7) is 0.360. The van der Waals surface area contributed by atoms with E-state index >= 15 is 0 Å². The van der Waals surface area contributed by atoms with Gasteiger partial charge in [-0.05, 0) is 48.7 Å². The molecule has 2 aromatic rings. The quantitative estimate of drug-likeness (QED) is 0.637. The molecule has 1 aliphatic rings. The number of rotatable bonds is 6. The second-order valence-electron chi connectivity index (χ2n) is 7.35. The molecule has 0 saturated carbocycles. The molecule has 1 aliphatic heterocycles. The van der Waals surface area contributed by atoms with Crippen LogP contribution in [0.15, 0.2) is 58.3 Å². The maximum absolute atomic E-state index is 13.2. The Kier molecular flexibility index (Phi) is 6.80. The van der Waals surface area contributed by atoms with Crippen LogP contribution in [0.3, 0.4) is 0 Å². The molecule has 6 nitrogen and oxygen atoms in total. The lowest BCUT2D eigenvalue weighted by molar-refractivity contribution is -0.138. The molecule has 1 fully saturated rings. The number of piperidine rings is 1. The lowest BCUT2D eigenvalue weighted by Gasteiger charge is -2.26. The van der Waals surface area contributed by atoms with Crippen LogP contribution >= 0.6 is 0 Å². The van der Waals surface area contributed by atoms with Crippen molar-refractivity contribution in [2.24, 2.45) is 0 Å². The number of sulfonamides is 2. The molecule has 0 amide bonds. The monoisotopic (exact) mass is 476 g/mol. The van der Waals surface area contributed by atoms with E-state index in [4.69, 9.17) is 0 Å².